The summed E-state index contributed by atoms with van der Waals surface area (Å²) in [5, 5.41) is 8.22. The first kappa shape index (κ1) is 13.4. The lowest BCUT2D eigenvalue weighted by molar-refractivity contribution is 0.0177. The molecular weight excluding hydrogens is 276 g/mol. The number of methoxy groups -OCH3 is 1. The Hall–Kier alpha value is -1.60. The maximum absolute atomic E-state index is 12.3. The second-order valence-electron chi connectivity index (χ2n) is 5.23. The van der Waals surface area contributed by atoms with Gasteiger partial charge in [-0.1, -0.05) is 0 Å². The van der Waals surface area contributed by atoms with Gasteiger partial charge in [0.2, 0.25) is 0 Å². The second-order valence-corrected chi connectivity index (χ2v) is 6.23. The molecule has 1 fully saturated rings. The molecule has 0 bridgehead atoms. The summed E-state index contributed by atoms with van der Waals surface area (Å²) in [6.07, 6.45) is 2.01. The summed E-state index contributed by atoms with van der Waals surface area (Å²) in [6, 6.07) is 0.191. The molecule has 6 nitrogen and oxygen atoms in total. The number of nitrogen functional groups attached to an aromatic ring is 1. The van der Waals surface area contributed by atoms with Crippen molar-refractivity contribution in [3.63, 3.8) is 0 Å². The van der Waals surface area contributed by atoms with Gasteiger partial charge in [0.1, 0.15) is 9.71 Å². The molecule has 0 radical (unpaired) electrons. The SMILES string of the molecule is COC1CC(NC(=O)c2sc3c(c(C)nn3C)c2N)C1. The first-order valence-electron chi connectivity index (χ1n) is 6.56. The fourth-order valence-corrected chi connectivity index (χ4v) is 3.71. The third kappa shape index (κ3) is 1.97. The van der Waals surface area contributed by atoms with Gasteiger partial charge in [0.25, 0.3) is 5.91 Å². The predicted octanol–water partition coefficient (Wildman–Crippen LogP) is 1.43. The van der Waals surface area contributed by atoms with Crippen molar-refractivity contribution in [2.45, 2.75) is 31.9 Å². The number of hydrogen-bond acceptors (Lipinski definition) is 5. The molecule has 1 saturated carbocycles. The van der Waals surface area contributed by atoms with E-state index in [1.165, 1.54) is 11.3 Å². The topological polar surface area (TPSA) is 82.2 Å². The van der Waals surface area contributed by atoms with Crippen LogP contribution in [0.2, 0.25) is 0 Å². The summed E-state index contributed by atoms with van der Waals surface area (Å²) in [7, 11) is 3.56. The number of hydrogen-bond donors (Lipinski definition) is 2. The zero-order valence-electron chi connectivity index (χ0n) is 11.8. The Morgan fingerprint density at radius 1 is 1.55 bits per heavy atom. The summed E-state index contributed by atoms with van der Waals surface area (Å²) in [6.45, 7) is 1.90. The van der Waals surface area contributed by atoms with Crippen LogP contribution in [0.25, 0.3) is 10.2 Å². The first-order chi connectivity index (χ1) is 9.51. The predicted molar refractivity (Wildman–Crippen MR) is 79.0 cm³/mol. The van der Waals surface area contributed by atoms with E-state index in [-0.39, 0.29) is 18.1 Å². The molecule has 0 aliphatic heterocycles. The molecule has 1 amide bonds. The van der Waals surface area contributed by atoms with Crippen LogP contribution in [0.15, 0.2) is 0 Å². The Balaban J connectivity index is 1.82. The van der Waals surface area contributed by atoms with Gasteiger partial charge < -0.3 is 15.8 Å². The lowest BCUT2D eigenvalue weighted by Gasteiger charge is -2.34. The zero-order chi connectivity index (χ0) is 14.4. The molecule has 0 saturated heterocycles. The molecule has 3 rings (SSSR count). The van der Waals surface area contributed by atoms with Gasteiger partial charge in [-0.15, -0.1) is 11.3 Å². The van der Waals surface area contributed by atoms with Crippen LogP contribution in [0.3, 0.4) is 0 Å². The number of anilines is 1. The number of nitrogens with one attached hydrogen (secondary N) is 1. The molecule has 0 unspecified atom stereocenters. The van der Waals surface area contributed by atoms with E-state index in [1.807, 2.05) is 14.0 Å². The Labute approximate surface area is 120 Å². The van der Waals surface area contributed by atoms with E-state index >= 15 is 0 Å². The van der Waals surface area contributed by atoms with Crippen molar-refractivity contribution in [1.82, 2.24) is 15.1 Å². The highest BCUT2D eigenvalue weighted by atomic mass is 32.1. The van der Waals surface area contributed by atoms with Crippen molar-refractivity contribution < 1.29 is 9.53 Å². The number of carbonyl (C=O) groups excluding carboxylic acids is 1. The van der Waals surface area contributed by atoms with Crippen LogP contribution in [0.1, 0.15) is 28.2 Å². The van der Waals surface area contributed by atoms with E-state index in [9.17, 15) is 4.79 Å². The van der Waals surface area contributed by atoms with Gasteiger partial charge in [-0.25, -0.2) is 0 Å². The third-order valence-electron chi connectivity index (χ3n) is 3.85. The summed E-state index contributed by atoms with van der Waals surface area (Å²) < 4.78 is 6.98. The van der Waals surface area contributed by atoms with Gasteiger partial charge >= 0.3 is 0 Å². The summed E-state index contributed by atoms with van der Waals surface area (Å²) in [5.74, 6) is -0.0948. The van der Waals surface area contributed by atoms with E-state index in [4.69, 9.17) is 10.5 Å². The molecule has 7 heteroatoms. The van der Waals surface area contributed by atoms with E-state index in [1.54, 1.807) is 11.8 Å². The van der Waals surface area contributed by atoms with Gasteiger partial charge in [0.05, 0.1) is 22.9 Å². The molecular formula is C13H18N4O2S. The molecule has 0 spiro atoms. The maximum Gasteiger partial charge on any atom is 0.263 e. The summed E-state index contributed by atoms with van der Waals surface area (Å²) in [4.78, 5) is 13.8. The first-order valence-corrected chi connectivity index (χ1v) is 7.38. The third-order valence-corrected chi connectivity index (χ3v) is 5.12. The molecule has 1 aliphatic rings. The van der Waals surface area contributed by atoms with Crippen LogP contribution in [0, 0.1) is 6.92 Å². The lowest BCUT2D eigenvalue weighted by atomic mass is 9.89. The van der Waals surface area contributed by atoms with Crippen molar-refractivity contribution in [2.24, 2.45) is 7.05 Å². The number of fused-ring (bicyclic) bond motifs is 1. The van der Waals surface area contributed by atoms with Crippen molar-refractivity contribution in [1.29, 1.82) is 0 Å². The monoisotopic (exact) mass is 294 g/mol. The second kappa shape index (κ2) is 4.75. The number of amides is 1. The average Bonchev–Trinajstić information content (AvgIpc) is 2.83. The molecule has 20 heavy (non-hydrogen) atoms. The van der Waals surface area contributed by atoms with Crippen LogP contribution >= 0.6 is 11.3 Å². The largest absolute Gasteiger partial charge is 0.397 e. The fourth-order valence-electron chi connectivity index (χ4n) is 2.62. The summed E-state index contributed by atoms with van der Waals surface area (Å²) in [5.41, 5.74) is 7.51. The highest BCUT2D eigenvalue weighted by Gasteiger charge is 2.31. The van der Waals surface area contributed by atoms with Crippen molar-refractivity contribution >= 4 is 33.1 Å². The molecule has 3 N–H and O–H groups in total. The zero-order valence-corrected chi connectivity index (χ0v) is 12.6. The Kier molecular flexibility index (Phi) is 3.18. The van der Waals surface area contributed by atoms with Crippen LogP contribution in [-0.2, 0) is 11.8 Å². The number of ether oxygens (including phenoxy) is 1. The normalized spacial score (nSPS) is 21.9. The number of rotatable bonds is 3. The molecule has 0 aromatic carbocycles. The average molecular weight is 294 g/mol. The maximum atomic E-state index is 12.3. The lowest BCUT2D eigenvalue weighted by Crippen LogP contribution is -2.47. The molecule has 108 valence electrons. The number of aromatic nitrogens is 2. The number of thiophene rings is 1. The highest BCUT2D eigenvalue weighted by molar-refractivity contribution is 7.21. The molecule has 0 atom stereocenters. The van der Waals surface area contributed by atoms with Gasteiger partial charge in [0, 0.05) is 20.2 Å². The van der Waals surface area contributed by atoms with Gasteiger partial charge in [0.15, 0.2) is 0 Å². The van der Waals surface area contributed by atoms with E-state index in [2.05, 4.69) is 10.4 Å². The van der Waals surface area contributed by atoms with E-state index in [0.29, 0.717) is 10.6 Å². The van der Waals surface area contributed by atoms with E-state index in [0.717, 1.165) is 28.8 Å². The van der Waals surface area contributed by atoms with E-state index < -0.39 is 0 Å². The minimum absolute atomic E-state index is 0.0948. The Morgan fingerprint density at radius 2 is 2.25 bits per heavy atom. The quantitative estimate of drug-likeness (QED) is 0.897. The number of aryl methyl sites for hydroxylation is 2. The van der Waals surface area contributed by atoms with Gasteiger partial charge in [-0.2, -0.15) is 5.10 Å². The fraction of sp³-hybridized carbons (Fsp3) is 0.538. The Morgan fingerprint density at radius 3 is 2.85 bits per heavy atom. The smallest absolute Gasteiger partial charge is 0.263 e. The minimum atomic E-state index is -0.0948. The standard InChI is InChI=1S/C13H18N4O2S/c1-6-9-10(14)11(20-13(9)17(2)16-6)12(18)15-7-4-8(5-7)19-3/h7-8H,4-5,14H2,1-3H3,(H,15,18). The Bertz CT molecular complexity index is 670. The van der Waals surface area contributed by atoms with Crippen LogP contribution in [0.4, 0.5) is 5.69 Å². The minimum Gasteiger partial charge on any atom is -0.397 e. The van der Waals surface area contributed by atoms with Gasteiger partial charge in [-0.3, -0.25) is 9.48 Å². The molecule has 2 heterocycles. The highest BCUT2D eigenvalue weighted by Crippen LogP contribution is 2.35. The van der Waals surface area contributed by atoms with Crippen LogP contribution < -0.4 is 11.1 Å². The molecule has 1 aliphatic carbocycles. The van der Waals surface area contributed by atoms with Crippen LogP contribution in [-0.4, -0.2) is 34.9 Å². The van der Waals surface area contributed by atoms with Crippen molar-refractivity contribution in [3.8, 4) is 0 Å². The number of carbonyl (C=O) groups is 1. The van der Waals surface area contributed by atoms with Crippen molar-refractivity contribution in [3.05, 3.63) is 10.6 Å². The van der Waals surface area contributed by atoms with Crippen LogP contribution in [0.5, 0.6) is 0 Å². The molecule has 2 aromatic heterocycles. The van der Waals surface area contributed by atoms with Crippen molar-refractivity contribution in [2.75, 3.05) is 12.8 Å². The number of nitrogens with zero attached hydrogens (tertiary/aromatic N) is 2. The summed E-state index contributed by atoms with van der Waals surface area (Å²) >= 11 is 1.39. The number of nitrogens with two attached hydrogens (primary N) is 1. The molecule has 2 aromatic rings. The van der Waals surface area contributed by atoms with Gasteiger partial charge in [-0.05, 0) is 19.8 Å².